The number of nitrogens with two attached hydrogens (primary N) is 1. The van der Waals surface area contributed by atoms with E-state index in [4.69, 9.17) is 40.5 Å². The molecule has 0 unspecified atom stereocenters. The van der Waals surface area contributed by atoms with E-state index in [0.717, 1.165) is 0 Å². The molecule has 1 aromatic rings. The Bertz CT molecular complexity index is 379. The van der Waals surface area contributed by atoms with Gasteiger partial charge in [0.2, 0.25) is 0 Å². The molecule has 0 atom stereocenters. The highest BCUT2D eigenvalue weighted by Crippen LogP contribution is 2.34. The number of aliphatic imine (C=N–C) groups is 1. The molecule has 0 spiro atoms. The smallest absolute Gasteiger partial charge is 0.158 e. The van der Waals surface area contributed by atoms with Crippen LogP contribution < -0.4 is 5.73 Å². The second-order valence-electron chi connectivity index (χ2n) is 2.37. The maximum Gasteiger partial charge on any atom is 0.158 e. The summed E-state index contributed by atoms with van der Waals surface area (Å²) in [6.45, 7) is 0. The number of nitrogens with zero attached hydrogens (tertiary/aromatic N) is 1. The molecule has 6 heteroatoms. The first kappa shape index (κ1) is 12.0. The Morgan fingerprint density at radius 3 is 2.36 bits per heavy atom. The number of benzene rings is 1. The normalized spacial score (nSPS) is 11.9. The first-order valence-electron chi connectivity index (χ1n) is 3.57. The molecule has 0 bridgehead atoms. The molecule has 0 radical (unpaired) electrons. The molecule has 0 amide bonds. The van der Waals surface area contributed by atoms with E-state index in [9.17, 15) is 0 Å². The topological polar surface area (TPSA) is 38.4 Å². The predicted molar refractivity (Wildman–Crippen MR) is 66.3 cm³/mol. The van der Waals surface area contributed by atoms with E-state index in [0.29, 0.717) is 25.9 Å². The van der Waals surface area contributed by atoms with Gasteiger partial charge >= 0.3 is 0 Å². The van der Waals surface area contributed by atoms with Crippen molar-refractivity contribution >= 4 is 57.4 Å². The Morgan fingerprint density at radius 1 is 1.21 bits per heavy atom. The highest BCUT2D eigenvalue weighted by Gasteiger charge is 2.05. The van der Waals surface area contributed by atoms with Crippen molar-refractivity contribution in [3.63, 3.8) is 0 Å². The molecule has 0 heterocycles. The van der Waals surface area contributed by atoms with Crippen LogP contribution in [0.2, 0.25) is 15.1 Å². The zero-order valence-electron chi connectivity index (χ0n) is 7.22. The SMILES string of the molecule is CSC(N)=Nc1cc(Cl)c(Cl)cc1Cl. The summed E-state index contributed by atoms with van der Waals surface area (Å²) in [4.78, 5) is 4.06. The maximum atomic E-state index is 5.89. The fraction of sp³-hybridized carbons (Fsp3) is 0.125. The van der Waals surface area contributed by atoms with Gasteiger partial charge < -0.3 is 5.73 Å². The number of thioether (sulfide) groups is 1. The van der Waals surface area contributed by atoms with E-state index < -0.39 is 0 Å². The Labute approximate surface area is 101 Å². The van der Waals surface area contributed by atoms with Gasteiger partial charge in [0.25, 0.3) is 0 Å². The van der Waals surface area contributed by atoms with Crippen LogP contribution in [0.3, 0.4) is 0 Å². The summed E-state index contributed by atoms with van der Waals surface area (Å²) in [6, 6.07) is 3.12. The zero-order valence-corrected chi connectivity index (χ0v) is 10.3. The van der Waals surface area contributed by atoms with Gasteiger partial charge in [-0.15, -0.1) is 0 Å². The van der Waals surface area contributed by atoms with Crippen LogP contribution in [0, 0.1) is 0 Å². The van der Waals surface area contributed by atoms with Crippen LogP contribution in [0.5, 0.6) is 0 Å². The van der Waals surface area contributed by atoms with Crippen molar-refractivity contribution in [3.8, 4) is 0 Å². The fourth-order valence-corrected chi connectivity index (χ4v) is 1.54. The lowest BCUT2D eigenvalue weighted by molar-refractivity contribution is 1.51. The van der Waals surface area contributed by atoms with E-state index in [1.54, 1.807) is 6.07 Å². The van der Waals surface area contributed by atoms with Crippen molar-refractivity contribution in [2.24, 2.45) is 10.7 Å². The summed E-state index contributed by atoms with van der Waals surface area (Å²) in [5.74, 6) is 0. The van der Waals surface area contributed by atoms with Gasteiger partial charge in [0, 0.05) is 0 Å². The fourth-order valence-electron chi connectivity index (χ4n) is 0.762. The summed E-state index contributed by atoms with van der Waals surface area (Å²) in [5.41, 5.74) is 6.06. The Balaban J connectivity index is 3.16. The van der Waals surface area contributed by atoms with Crippen molar-refractivity contribution in [2.75, 3.05) is 6.26 Å². The molecule has 2 nitrogen and oxygen atoms in total. The van der Waals surface area contributed by atoms with Crippen LogP contribution in [0.15, 0.2) is 17.1 Å². The number of halogens is 3. The first-order chi connectivity index (χ1) is 6.54. The molecular formula is C8H7Cl3N2S. The summed E-state index contributed by atoms with van der Waals surface area (Å²) in [7, 11) is 0. The molecule has 0 aliphatic heterocycles. The van der Waals surface area contributed by atoms with Gasteiger partial charge in [-0.1, -0.05) is 46.6 Å². The van der Waals surface area contributed by atoms with E-state index >= 15 is 0 Å². The third kappa shape index (κ3) is 2.95. The van der Waals surface area contributed by atoms with Crippen LogP contribution in [0.4, 0.5) is 5.69 Å². The molecular weight excluding hydrogens is 263 g/mol. The molecule has 1 rings (SSSR count). The highest BCUT2D eigenvalue weighted by molar-refractivity contribution is 8.13. The van der Waals surface area contributed by atoms with E-state index in [1.165, 1.54) is 17.8 Å². The molecule has 0 aliphatic rings. The van der Waals surface area contributed by atoms with Crippen molar-refractivity contribution in [1.29, 1.82) is 0 Å². The molecule has 14 heavy (non-hydrogen) atoms. The Hall–Kier alpha value is -0.0900. The lowest BCUT2D eigenvalue weighted by atomic mass is 10.3. The molecule has 0 saturated carbocycles. The summed E-state index contributed by atoms with van der Waals surface area (Å²) >= 11 is 18.8. The number of hydrogen-bond donors (Lipinski definition) is 1. The van der Waals surface area contributed by atoms with E-state index in [1.807, 2.05) is 6.26 Å². The molecule has 0 saturated heterocycles. The van der Waals surface area contributed by atoms with Crippen LogP contribution in [0.25, 0.3) is 0 Å². The molecule has 76 valence electrons. The number of rotatable bonds is 1. The Morgan fingerprint density at radius 2 is 1.79 bits per heavy atom. The molecule has 0 fully saturated rings. The quantitative estimate of drug-likeness (QED) is 0.476. The van der Waals surface area contributed by atoms with Crippen molar-refractivity contribution in [2.45, 2.75) is 0 Å². The van der Waals surface area contributed by atoms with Crippen LogP contribution in [-0.4, -0.2) is 11.4 Å². The van der Waals surface area contributed by atoms with Crippen molar-refractivity contribution in [1.82, 2.24) is 0 Å². The van der Waals surface area contributed by atoms with Crippen LogP contribution in [0.1, 0.15) is 0 Å². The predicted octanol–water partition coefficient (Wildman–Crippen LogP) is 3.96. The zero-order chi connectivity index (χ0) is 10.7. The minimum Gasteiger partial charge on any atom is -0.378 e. The lowest BCUT2D eigenvalue weighted by Crippen LogP contribution is -2.04. The number of hydrogen-bond acceptors (Lipinski definition) is 2. The van der Waals surface area contributed by atoms with E-state index in [2.05, 4.69) is 4.99 Å². The summed E-state index contributed by atoms with van der Waals surface area (Å²) in [6.07, 6.45) is 1.82. The largest absolute Gasteiger partial charge is 0.378 e. The maximum absolute atomic E-state index is 5.89. The average Bonchev–Trinajstić information content (AvgIpc) is 2.14. The molecule has 0 aromatic heterocycles. The van der Waals surface area contributed by atoms with E-state index in [-0.39, 0.29) is 0 Å². The minimum absolute atomic E-state index is 0.401. The first-order valence-corrected chi connectivity index (χ1v) is 5.93. The van der Waals surface area contributed by atoms with Gasteiger partial charge in [-0.05, 0) is 18.4 Å². The summed E-state index contributed by atoms with van der Waals surface area (Å²) < 4.78 is 0. The lowest BCUT2D eigenvalue weighted by Gasteiger charge is -2.02. The van der Waals surface area contributed by atoms with Gasteiger partial charge in [0.05, 0.1) is 20.8 Å². The standard InChI is InChI=1S/C8H7Cl3N2S/c1-14-8(12)13-7-3-5(10)4(9)2-6(7)11/h2-3H,1H3,(H2,12,13). The second kappa shape index (κ2) is 5.12. The monoisotopic (exact) mass is 268 g/mol. The van der Waals surface area contributed by atoms with Gasteiger partial charge in [-0.25, -0.2) is 4.99 Å². The summed E-state index contributed by atoms with van der Waals surface area (Å²) in [5, 5.41) is 1.66. The highest BCUT2D eigenvalue weighted by atomic mass is 35.5. The van der Waals surface area contributed by atoms with Gasteiger partial charge in [-0.3, -0.25) is 0 Å². The average molecular weight is 270 g/mol. The second-order valence-corrected chi connectivity index (χ2v) is 4.42. The number of amidine groups is 1. The van der Waals surface area contributed by atoms with Crippen LogP contribution >= 0.6 is 46.6 Å². The molecule has 1 aromatic carbocycles. The van der Waals surface area contributed by atoms with Crippen molar-refractivity contribution in [3.05, 3.63) is 27.2 Å². The third-order valence-electron chi connectivity index (χ3n) is 1.43. The van der Waals surface area contributed by atoms with Gasteiger partial charge in [0.1, 0.15) is 0 Å². The Kier molecular flexibility index (Phi) is 4.38. The third-order valence-corrected chi connectivity index (χ3v) is 2.96. The molecule has 2 N–H and O–H groups in total. The van der Waals surface area contributed by atoms with Gasteiger partial charge in [-0.2, -0.15) is 0 Å². The van der Waals surface area contributed by atoms with Crippen LogP contribution in [-0.2, 0) is 0 Å². The molecule has 0 aliphatic carbocycles. The minimum atomic E-state index is 0.401. The van der Waals surface area contributed by atoms with Gasteiger partial charge in [0.15, 0.2) is 5.17 Å². The van der Waals surface area contributed by atoms with Crippen molar-refractivity contribution < 1.29 is 0 Å².